The summed E-state index contributed by atoms with van der Waals surface area (Å²) >= 11 is 0. The fourth-order valence-electron chi connectivity index (χ4n) is 3.48. The number of hydrogen-bond acceptors (Lipinski definition) is 5. The minimum Gasteiger partial charge on any atom is -0.497 e. The highest BCUT2D eigenvalue weighted by Crippen LogP contribution is 2.13. The molecule has 3 rings (SSSR count). The van der Waals surface area contributed by atoms with Gasteiger partial charge in [0.25, 0.3) is 5.91 Å². The van der Waals surface area contributed by atoms with E-state index in [2.05, 4.69) is 22.3 Å². The molecule has 0 aliphatic carbocycles. The number of rotatable bonds is 8. The van der Waals surface area contributed by atoms with Crippen molar-refractivity contribution in [1.29, 1.82) is 5.26 Å². The highest BCUT2D eigenvalue weighted by atomic mass is 16.5. The van der Waals surface area contributed by atoms with Gasteiger partial charge in [-0.3, -0.25) is 9.69 Å². The maximum Gasteiger partial charge on any atom is 0.266 e. The van der Waals surface area contributed by atoms with Gasteiger partial charge in [0.1, 0.15) is 17.4 Å². The van der Waals surface area contributed by atoms with E-state index in [1.165, 1.54) is 5.56 Å². The molecule has 0 bridgehead atoms. The zero-order valence-corrected chi connectivity index (χ0v) is 17.4. The Hall–Kier alpha value is -3.30. The van der Waals surface area contributed by atoms with Crippen molar-refractivity contribution in [3.8, 4) is 11.8 Å². The summed E-state index contributed by atoms with van der Waals surface area (Å²) in [5, 5.41) is 12.5. The molecule has 1 fully saturated rings. The lowest BCUT2D eigenvalue weighted by molar-refractivity contribution is -0.128. The number of nitriles is 1. The zero-order valence-electron chi connectivity index (χ0n) is 17.4. The predicted molar refractivity (Wildman–Crippen MR) is 117 cm³/mol. The number of piperazine rings is 1. The molecule has 1 aliphatic heterocycles. The van der Waals surface area contributed by atoms with Gasteiger partial charge in [-0.1, -0.05) is 42.5 Å². The highest BCUT2D eigenvalue weighted by molar-refractivity contribution is 5.97. The highest BCUT2D eigenvalue weighted by Gasteiger charge is 2.23. The average molecular weight is 405 g/mol. The maximum atomic E-state index is 12.7. The van der Waals surface area contributed by atoms with Gasteiger partial charge in [-0.05, 0) is 29.7 Å². The second-order valence-corrected chi connectivity index (χ2v) is 7.28. The Kier molecular flexibility index (Phi) is 7.87. The van der Waals surface area contributed by atoms with E-state index in [0.717, 1.165) is 37.4 Å². The summed E-state index contributed by atoms with van der Waals surface area (Å²) in [6.07, 6.45) is 2.32. The predicted octanol–water partition coefficient (Wildman–Crippen LogP) is 2.58. The maximum absolute atomic E-state index is 12.7. The van der Waals surface area contributed by atoms with Crippen molar-refractivity contribution < 1.29 is 9.53 Å². The molecule has 6 heteroatoms. The molecule has 2 aromatic carbocycles. The van der Waals surface area contributed by atoms with Crippen LogP contribution in [-0.2, 0) is 17.8 Å². The normalized spacial score (nSPS) is 14.8. The molecule has 1 heterocycles. The zero-order chi connectivity index (χ0) is 21.2. The number of carbonyl (C=O) groups excluding carboxylic acids is 1. The minimum absolute atomic E-state index is 0.150. The Morgan fingerprint density at radius 2 is 1.83 bits per heavy atom. The van der Waals surface area contributed by atoms with Crippen LogP contribution in [-0.4, -0.2) is 55.5 Å². The topological polar surface area (TPSA) is 68.6 Å². The van der Waals surface area contributed by atoms with Crippen LogP contribution in [0, 0.1) is 11.3 Å². The molecule has 156 valence electrons. The summed E-state index contributed by atoms with van der Waals surface area (Å²) in [6, 6.07) is 20.2. The summed E-state index contributed by atoms with van der Waals surface area (Å²) in [4.78, 5) is 16.8. The standard InChI is InChI=1S/C24H28N4O2/c1-30-23-9-5-8-20(16-23)10-11-26-18-22(17-25)24(29)28-14-12-27(13-15-28)19-21-6-3-2-4-7-21/h2-9,16,18,26H,10-15,19H2,1H3/b22-18-. The van der Waals surface area contributed by atoms with Crippen LogP contribution >= 0.6 is 0 Å². The van der Waals surface area contributed by atoms with Crippen molar-refractivity contribution in [2.24, 2.45) is 0 Å². The average Bonchev–Trinajstić information content (AvgIpc) is 2.80. The third-order valence-corrected chi connectivity index (χ3v) is 5.20. The molecule has 1 saturated heterocycles. The van der Waals surface area contributed by atoms with Gasteiger partial charge in [-0.15, -0.1) is 0 Å². The van der Waals surface area contributed by atoms with E-state index in [1.54, 1.807) is 18.2 Å². The van der Waals surface area contributed by atoms with Crippen LogP contribution in [0.1, 0.15) is 11.1 Å². The van der Waals surface area contributed by atoms with Gasteiger partial charge in [0.2, 0.25) is 0 Å². The van der Waals surface area contributed by atoms with E-state index in [1.807, 2.05) is 48.5 Å². The molecule has 2 aromatic rings. The van der Waals surface area contributed by atoms with Gasteiger partial charge in [0, 0.05) is 45.5 Å². The first-order valence-corrected chi connectivity index (χ1v) is 10.2. The molecule has 1 aliphatic rings. The molecule has 1 amide bonds. The third kappa shape index (κ3) is 6.10. The van der Waals surface area contributed by atoms with E-state index >= 15 is 0 Å². The van der Waals surface area contributed by atoms with Gasteiger partial charge in [0.15, 0.2) is 0 Å². The number of hydrogen-bond donors (Lipinski definition) is 1. The molecule has 0 radical (unpaired) electrons. The lowest BCUT2D eigenvalue weighted by Crippen LogP contribution is -2.48. The molecule has 0 atom stereocenters. The van der Waals surface area contributed by atoms with Crippen molar-refractivity contribution in [2.75, 3.05) is 39.8 Å². The molecule has 0 saturated carbocycles. The number of carbonyl (C=O) groups is 1. The number of ether oxygens (including phenoxy) is 1. The van der Waals surface area contributed by atoms with Crippen molar-refractivity contribution in [3.05, 3.63) is 77.5 Å². The van der Waals surface area contributed by atoms with E-state index in [-0.39, 0.29) is 11.5 Å². The first kappa shape index (κ1) is 21.4. The Labute approximate surface area is 178 Å². The summed E-state index contributed by atoms with van der Waals surface area (Å²) in [6.45, 7) is 4.40. The van der Waals surface area contributed by atoms with Crippen LogP contribution < -0.4 is 10.1 Å². The smallest absolute Gasteiger partial charge is 0.266 e. The first-order chi connectivity index (χ1) is 14.7. The van der Waals surface area contributed by atoms with Gasteiger partial charge in [-0.2, -0.15) is 5.26 Å². The van der Waals surface area contributed by atoms with Crippen LogP contribution in [0.4, 0.5) is 0 Å². The number of nitrogens with one attached hydrogen (secondary N) is 1. The lowest BCUT2D eigenvalue weighted by Gasteiger charge is -2.34. The Bertz CT molecular complexity index is 897. The monoisotopic (exact) mass is 404 g/mol. The summed E-state index contributed by atoms with van der Waals surface area (Å²) in [5.41, 5.74) is 2.56. The third-order valence-electron chi connectivity index (χ3n) is 5.20. The minimum atomic E-state index is -0.203. The largest absolute Gasteiger partial charge is 0.497 e. The van der Waals surface area contributed by atoms with E-state index in [9.17, 15) is 10.1 Å². The van der Waals surface area contributed by atoms with Gasteiger partial charge < -0.3 is 15.0 Å². The van der Waals surface area contributed by atoms with Crippen molar-refractivity contribution in [2.45, 2.75) is 13.0 Å². The molecule has 0 aromatic heterocycles. The van der Waals surface area contributed by atoms with Crippen molar-refractivity contribution in [3.63, 3.8) is 0 Å². The molecule has 6 nitrogen and oxygen atoms in total. The van der Waals surface area contributed by atoms with Crippen LogP contribution in [0.3, 0.4) is 0 Å². The molecule has 1 N–H and O–H groups in total. The van der Waals surface area contributed by atoms with Gasteiger partial charge in [-0.25, -0.2) is 0 Å². The fraction of sp³-hybridized carbons (Fsp3) is 0.333. The van der Waals surface area contributed by atoms with Crippen molar-refractivity contribution >= 4 is 5.91 Å². The molecular formula is C24H28N4O2. The van der Waals surface area contributed by atoms with Crippen LogP contribution in [0.25, 0.3) is 0 Å². The molecular weight excluding hydrogens is 376 g/mol. The summed E-state index contributed by atoms with van der Waals surface area (Å²) in [7, 11) is 1.65. The van der Waals surface area contributed by atoms with Crippen LogP contribution in [0.2, 0.25) is 0 Å². The Morgan fingerprint density at radius 3 is 2.53 bits per heavy atom. The summed E-state index contributed by atoms with van der Waals surface area (Å²) in [5.74, 6) is 0.619. The number of benzene rings is 2. The summed E-state index contributed by atoms with van der Waals surface area (Å²) < 4.78 is 5.23. The van der Waals surface area contributed by atoms with E-state index < -0.39 is 0 Å². The van der Waals surface area contributed by atoms with E-state index in [4.69, 9.17) is 4.74 Å². The molecule has 0 spiro atoms. The van der Waals surface area contributed by atoms with Gasteiger partial charge >= 0.3 is 0 Å². The van der Waals surface area contributed by atoms with Crippen LogP contribution in [0.15, 0.2) is 66.4 Å². The fourth-order valence-corrected chi connectivity index (χ4v) is 3.48. The van der Waals surface area contributed by atoms with Gasteiger partial charge in [0.05, 0.1) is 7.11 Å². The Balaban J connectivity index is 1.45. The van der Waals surface area contributed by atoms with E-state index in [0.29, 0.717) is 19.6 Å². The number of amides is 1. The SMILES string of the molecule is COc1cccc(CCN/C=C(/C#N)C(=O)N2CCN(Cc3ccccc3)CC2)c1. The lowest BCUT2D eigenvalue weighted by atomic mass is 10.1. The second kappa shape index (κ2) is 11.0. The van der Waals surface area contributed by atoms with Crippen molar-refractivity contribution in [1.82, 2.24) is 15.1 Å². The van der Waals surface area contributed by atoms with Crippen LogP contribution in [0.5, 0.6) is 5.75 Å². The number of nitrogens with zero attached hydrogens (tertiary/aromatic N) is 3. The Morgan fingerprint density at radius 1 is 1.10 bits per heavy atom. The molecule has 0 unspecified atom stereocenters. The molecule has 30 heavy (non-hydrogen) atoms. The first-order valence-electron chi connectivity index (χ1n) is 10.2. The second-order valence-electron chi connectivity index (χ2n) is 7.28. The quantitative estimate of drug-likeness (QED) is 0.416. The number of methoxy groups -OCH3 is 1.